The van der Waals surface area contributed by atoms with E-state index in [1.165, 1.54) is 89.2 Å². The Bertz CT molecular complexity index is 8400. The van der Waals surface area contributed by atoms with Crippen LogP contribution in [0.4, 0.5) is 0 Å². The fourth-order valence-electron chi connectivity index (χ4n) is 17.9. The van der Waals surface area contributed by atoms with Gasteiger partial charge in [0.15, 0.2) is 0 Å². The van der Waals surface area contributed by atoms with Gasteiger partial charge in [0.05, 0.1) is 67.3 Å². The van der Waals surface area contributed by atoms with Crippen molar-refractivity contribution in [1.82, 2.24) is 29.9 Å². The van der Waals surface area contributed by atoms with Gasteiger partial charge < -0.3 is 4.42 Å². The number of benzene rings is 16. The number of thiophene rings is 2. The van der Waals surface area contributed by atoms with Crippen molar-refractivity contribution in [2.75, 3.05) is 0 Å². The highest BCUT2D eigenvalue weighted by atomic mass is 32.1. The maximum Gasteiger partial charge on any atom is 0.143 e. The van der Waals surface area contributed by atoms with Gasteiger partial charge in [-0.25, -0.2) is 29.9 Å². The maximum absolute atomic E-state index is 6.44. The maximum atomic E-state index is 6.44. The molecule has 25 rings (SSSR count). The van der Waals surface area contributed by atoms with E-state index in [0.717, 1.165) is 161 Å². The van der Waals surface area contributed by atoms with Crippen molar-refractivity contribution >= 4 is 183 Å². The van der Waals surface area contributed by atoms with Crippen molar-refractivity contribution in [1.29, 1.82) is 0 Å². The Morgan fingerprint density at radius 2 is 0.573 bits per heavy atom. The van der Waals surface area contributed by atoms with Crippen LogP contribution < -0.4 is 0 Å². The van der Waals surface area contributed by atoms with E-state index in [4.69, 9.17) is 34.3 Å². The van der Waals surface area contributed by atoms with E-state index < -0.39 is 0 Å². The zero-order valence-electron chi connectivity index (χ0n) is 62.7. The Balaban J connectivity index is 0.000000135. The Hall–Kier alpha value is -15.0. The Kier molecular flexibility index (Phi) is 15.3. The third-order valence-corrected chi connectivity index (χ3v) is 25.9. The summed E-state index contributed by atoms with van der Waals surface area (Å²) in [5, 5.41) is 21.4. The van der Waals surface area contributed by atoms with Crippen LogP contribution in [-0.4, -0.2) is 29.9 Å². The summed E-state index contributed by atoms with van der Waals surface area (Å²) in [7, 11) is 0. The Morgan fingerprint density at radius 1 is 0.205 bits per heavy atom. The zero-order chi connectivity index (χ0) is 76.8. The van der Waals surface area contributed by atoms with E-state index in [-0.39, 0.29) is 0 Å². The lowest BCUT2D eigenvalue weighted by molar-refractivity contribution is 0.670. The molecule has 25 aromatic rings. The molecule has 117 heavy (non-hydrogen) atoms. The minimum absolute atomic E-state index is 0.896. The normalized spacial score (nSPS) is 11.9. The molecular formula is C108H62N6OS2. The molecule has 0 atom stereocenters. The molecule has 9 heteroatoms. The molecule has 0 saturated heterocycles. The van der Waals surface area contributed by atoms with E-state index in [1.807, 2.05) is 59.1 Å². The van der Waals surface area contributed by atoms with Crippen molar-refractivity contribution in [2.24, 2.45) is 0 Å². The van der Waals surface area contributed by atoms with Crippen LogP contribution in [0.25, 0.3) is 250 Å². The summed E-state index contributed by atoms with van der Waals surface area (Å²) in [5.41, 5.74) is 24.0. The van der Waals surface area contributed by atoms with Crippen molar-refractivity contribution in [3.63, 3.8) is 0 Å². The van der Waals surface area contributed by atoms with E-state index in [2.05, 4.69) is 340 Å². The highest BCUT2D eigenvalue weighted by molar-refractivity contribution is 7.27. The van der Waals surface area contributed by atoms with Gasteiger partial charge in [0.25, 0.3) is 0 Å². The fourth-order valence-corrected chi connectivity index (χ4v) is 20.4. The molecule has 0 bridgehead atoms. The topological polar surface area (TPSA) is 90.5 Å². The van der Waals surface area contributed by atoms with Crippen LogP contribution in [0, 0.1) is 0 Å². The first-order valence-corrected chi connectivity index (χ1v) is 41.1. The lowest BCUT2D eigenvalue weighted by atomic mass is 9.88. The first kappa shape index (κ1) is 66.6. The average Bonchev–Trinajstić information content (AvgIpc) is 1.71. The second kappa shape index (κ2) is 26.8. The molecule has 0 radical (unpaired) electrons. The number of fused-ring (bicyclic) bond motifs is 25. The summed E-state index contributed by atoms with van der Waals surface area (Å²) in [6.07, 6.45) is 0. The van der Waals surface area contributed by atoms with Crippen LogP contribution in [0.1, 0.15) is 0 Å². The zero-order valence-corrected chi connectivity index (χ0v) is 64.3. The molecule has 0 N–H and O–H groups in total. The van der Waals surface area contributed by atoms with E-state index in [0.29, 0.717) is 0 Å². The molecule has 9 heterocycles. The molecule has 0 saturated carbocycles. The number of pyridine rings is 6. The minimum atomic E-state index is 0.896. The summed E-state index contributed by atoms with van der Waals surface area (Å²) in [6, 6.07) is 134. The predicted molar refractivity (Wildman–Crippen MR) is 494 cm³/mol. The van der Waals surface area contributed by atoms with Crippen molar-refractivity contribution < 1.29 is 4.42 Å². The van der Waals surface area contributed by atoms with E-state index in [1.54, 1.807) is 0 Å². The number of hydrogen-bond acceptors (Lipinski definition) is 9. The van der Waals surface area contributed by atoms with Gasteiger partial charge in [-0.3, -0.25) is 0 Å². The number of nitrogens with zero attached hydrogens (tertiary/aromatic N) is 6. The van der Waals surface area contributed by atoms with Gasteiger partial charge in [0.1, 0.15) is 11.2 Å². The molecule has 0 aliphatic carbocycles. The number of furan rings is 1. The summed E-state index contributed by atoms with van der Waals surface area (Å²) < 4.78 is 11.5. The number of para-hydroxylation sites is 2. The summed E-state index contributed by atoms with van der Waals surface area (Å²) in [5.74, 6) is 0. The summed E-state index contributed by atoms with van der Waals surface area (Å²) in [6.45, 7) is 0. The van der Waals surface area contributed by atoms with Gasteiger partial charge in [-0.1, -0.05) is 322 Å². The molecule has 0 fully saturated rings. The van der Waals surface area contributed by atoms with Gasteiger partial charge in [0, 0.05) is 122 Å². The first-order valence-electron chi connectivity index (χ1n) is 39.4. The van der Waals surface area contributed by atoms with Gasteiger partial charge in [-0.05, 0) is 104 Å². The predicted octanol–water partition coefficient (Wildman–Crippen LogP) is 30.1. The molecule has 542 valence electrons. The molecule has 0 aliphatic heterocycles. The molecule has 16 aromatic carbocycles. The second-order valence-corrected chi connectivity index (χ2v) is 32.3. The highest BCUT2D eigenvalue weighted by Crippen LogP contribution is 2.50. The lowest BCUT2D eigenvalue weighted by Gasteiger charge is -2.16. The van der Waals surface area contributed by atoms with Gasteiger partial charge in [-0.2, -0.15) is 0 Å². The molecular weight excluding hydrogens is 1460 g/mol. The lowest BCUT2D eigenvalue weighted by Crippen LogP contribution is -1.92. The van der Waals surface area contributed by atoms with Crippen molar-refractivity contribution in [3.8, 4) is 89.8 Å². The monoisotopic (exact) mass is 1520 g/mol. The molecule has 9 aromatic heterocycles. The van der Waals surface area contributed by atoms with Crippen LogP contribution in [0.5, 0.6) is 0 Å². The third-order valence-electron chi connectivity index (χ3n) is 23.5. The third kappa shape index (κ3) is 10.9. The Labute approximate surface area is 678 Å². The second-order valence-electron chi connectivity index (χ2n) is 30.1. The minimum Gasteiger partial charge on any atom is -0.455 e. The van der Waals surface area contributed by atoms with Gasteiger partial charge in [0.2, 0.25) is 0 Å². The smallest absolute Gasteiger partial charge is 0.143 e. The quantitative estimate of drug-likeness (QED) is 0.140. The molecule has 0 aliphatic rings. The van der Waals surface area contributed by atoms with Crippen LogP contribution in [0.3, 0.4) is 0 Å². The van der Waals surface area contributed by atoms with Gasteiger partial charge >= 0.3 is 0 Å². The van der Waals surface area contributed by atoms with Crippen molar-refractivity contribution in [3.05, 3.63) is 376 Å². The van der Waals surface area contributed by atoms with Crippen molar-refractivity contribution in [2.45, 2.75) is 0 Å². The number of aromatic nitrogens is 6. The summed E-state index contributed by atoms with van der Waals surface area (Å²) >= 11 is 3.70. The summed E-state index contributed by atoms with van der Waals surface area (Å²) in [4.78, 5) is 31.8. The molecule has 7 nitrogen and oxygen atoms in total. The molecule has 0 spiro atoms. The first-order chi connectivity index (χ1) is 58.0. The van der Waals surface area contributed by atoms with Crippen LogP contribution in [0.15, 0.2) is 381 Å². The molecule has 0 amide bonds. The number of hydrogen-bond donors (Lipinski definition) is 0. The van der Waals surface area contributed by atoms with Crippen LogP contribution in [-0.2, 0) is 0 Å². The van der Waals surface area contributed by atoms with E-state index in [9.17, 15) is 0 Å². The largest absolute Gasteiger partial charge is 0.455 e. The Morgan fingerprint density at radius 3 is 1.10 bits per heavy atom. The van der Waals surface area contributed by atoms with E-state index >= 15 is 0 Å². The fraction of sp³-hybridized carbons (Fsp3) is 0. The SMILES string of the molecule is c1ccc(-c2ccc3ccc4ccc(-c5ccc(-c6nc7cc(-c8cccc9c8oc8ccccc89)ccc7c7sc8ccccc8c67)cc5)nc4c3n2)cc1.c1ccc(-c2ccc3ccc4ccc(-c5ccc(-c6nc7cccc(-c8cccc9c%10ccccc%10c%10ccccc%10c89)c7c7sc8ccccc8c67)cc5)nc4c3n2)cc1. The highest BCUT2D eigenvalue weighted by Gasteiger charge is 2.24. The van der Waals surface area contributed by atoms with Crippen LogP contribution in [0.2, 0.25) is 0 Å². The molecule has 0 unspecified atom stereocenters. The average molecular weight is 1520 g/mol. The van der Waals surface area contributed by atoms with Gasteiger partial charge in [-0.15, -0.1) is 22.7 Å². The number of rotatable bonds is 8. The standard InChI is InChI=1S/C57H33N3S.C51H29N3OS/c1-2-12-34(13-3-1)47-32-30-37-28-29-38-31-33-48(59-56(38)55(37)58-47)35-24-26-36(27-25-35)54-53-46-18-8-9-23-50(46)61-57(53)52-45(21-11-22-49(52)60-54)44-20-10-19-43-41-15-5-4-14-39(41)40-16-6-7-17-42(40)51(43)44;1-2-9-30(10-3-1)41-27-24-33-21-22-34-25-28-42(53-49(34)48(33)52-41)31-17-19-32(20-18-31)47-46-40-12-5-7-16-45(40)56-51(46)39-26-23-35(29-43(39)54-47)36-13-8-14-38-37-11-4-6-15-44(37)55-50(36)38/h1-33H;1-29H. The van der Waals surface area contributed by atoms with Crippen LogP contribution >= 0.6 is 22.7 Å².